The summed E-state index contributed by atoms with van der Waals surface area (Å²) in [7, 11) is -4.23. The Morgan fingerprint density at radius 1 is 0.870 bits per heavy atom. The van der Waals surface area contributed by atoms with E-state index in [0.29, 0.717) is 12.2 Å². The van der Waals surface area contributed by atoms with E-state index in [0.717, 1.165) is 20.3 Å². The second-order valence-electron chi connectivity index (χ2n) is 11.5. The molecule has 0 unspecified atom stereocenters. The van der Waals surface area contributed by atoms with Gasteiger partial charge in [0.1, 0.15) is 18.4 Å². The van der Waals surface area contributed by atoms with E-state index < -0.39 is 40.2 Å². The lowest BCUT2D eigenvalue weighted by Crippen LogP contribution is -2.53. The number of carbonyl (C=O) groups excluding carboxylic acids is 2. The van der Waals surface area contributed by atoms with Crippen molar-refractivity contribution in [2.75, 3.05) is 23.7 Å². The summed E-state index contributed by atoms with van der Waals surface area (Å²) in [6, 6.07) is 27.6. The SMILES string of the molecule is CSc1ccc(S(=O)(=O)N(CC(=O)N(Cc2ccccc2F)[C@H](Cc2ccccc2)C(=O)NCC(C)C)c2ccc(C)cc2)cc1. The van der Waals surface area contributed by atoms with Crippen molar-refractivity contribution >= 4 is 39.3 Å². The van der Waals surface area contributed by atoms with Crippen molar-refractivity contribution in [3.8, 4) is 0 Å². The number of hydrogen-bond acceptors (Lipinski definition) is 5. The van der Waals surface area contributed by atoms with Crippen LogP contribution < -0.4 is 9.62 Å². The zero-order valence-corrected chi connectivity index (χ0v) is 28.2. The van der Waals surface area contributed by atoms with Gasteiger partial charge in [-0.1, -0.05) is 80.1 Å². The summed E-state index contributed by atoms with van der Waals surface area (Å²) >= 11 is 1.49. The van der Waals surface area contributed by atoms with E-state index in [1.54, 1.807) is 54.6 Å². The number of rotatable bonds is 14. The molecule has 4 rings (SSSR count). The van der Waals surface area contributed by atoms with Gasteiger partial charge in [0.25, 0.3) is 10.0 Å². The molecule has 7 nitrogen and oxygen atoms in total. The average Bonchev–Trinajstić information content (AvgIpc) is 3.05. The van der Waals surface area contributed by atoms with Gasteiger partial charge >= 0.3 is 0 Å². The molecule has 0 bridgehead atoms. The Morgan fingerprint density at radius 2 is 1.50 bits per heavy atom. The van der Waals surface area contributed by atoms with Gasteiger partial charge < -0.3 is 10.2 Å². The van der Waals surface area contributed by atoms with Crippen molar-refractivity contribution in [2.24, 2.45) is 5.92 Å². The maximum Gasteiger partial charge on any atom is 0.264 e. The molecule has 4 aromatic carbocycles. The fourth-order valence-electron chi connectivity index (χ4n) is 4.90. The van der Waals surface area contributed by atoms with Crippen LogP contribution >= 0.6 is 11.8 Å². The predicted octanol–water partition coefficient (Wildman–Crippen LogP) is 6.46. The van der Waals surface area contributed by atoms with E-state index in [2.05, 4.69) is 5.32 Å². The zero-order chi connectivity index (χ0) is 33.3. The molecule has 0 saturated heterocycles. The van der Waals surface area contributed by atoms with Gasteiger partial charge in [0.15, 0.2) is 0 Å². The molecule has 0 aliphatic heterocycles. The molecular weight excluding hydrogens is 622 g/mol. The molecule has 242 valence electrons. The van der Waals surface area contributed by atoms with Gasteiger partial charge in [0.05, 0.1) is 10.6 Å². The highest BCUT2D eigenvalue weighted by atomic mass is 32.2. The van der Waals surface area contributed by atoms with Crippen molar-refractivity contribution in [3.63, 3.8) is 0 Å². The maximum absolute atomic E-state index is 15.0. The van der Waals surface area contributed by atoms with E-state index in [1.165, 1.54) is 34.9 Å². The Labute approximate surface area is 275 Å². The smallest absolute Gasteiger partial charge is 0.264 e. The van der Waals surface area contributed by atoms with Gasteiger partial charge in [0.2, 0.25) is 11.8 Å². The number of anilines is 1. The number of benzene rings is 4. The van der Waals surface area contributed by atoms with Crippen molar-refractivity contribution in [2.45, 2.75) is 49.6 Å². The summed E-state index contributed by atoms with van der Waals surface area (Å²) < 4.78 is 44.4. The molecule has 2 amide bonds. The second kappa shape index (κ2) is 15.9. The molecule has 1 atom stereocenters. The minimum Gasteiger partial charge on any atom is -0.354 e. The van der Waals surface area contributed by atoms with Crippen LogP contribution in [0.5, 0.6) is 0 Å². The topological polar surface area (TPSA) is 86.8 Å². The molecular formula is C36H40FN3O4S2. The lowest BCUT2D eigenvalue weighted by atomic mass is 10.0. The maximum atomic E-state index is 15.0. The van der Waals surface area contributed by atoms with E-state index >= 15 is 4.39 Å². The molecule has 46 heavy (non-hydrogen) atoms. The normalized spacial score (nSPS) is 12.0. The molecule has 10 heteroatoms. The lowest BCUT2D eigenvalue weighted by molar-refractivity contribution is -0.140. The van der Waals surface area contributed by atoms with Crippen LogP contribution in [0.1, 0.15) is 30.5 Å². The molecule has 0 aliphatic carbocycles. The average molecular weight is 662 g/mol. The van der Waals surface area contributed by atoms with E-state index in [9.17, 15) is 18.0 Å². The third-order valence-corrected chi connectivity index (χ3v) is 10.0. The van der Waals surface area contributed by atoms with Gasteiger partial charge in [-0.15, -0.1) is 11.8 Å². The van der Waals surface area contributed by atoms with Crippen molar-refractivity contribution < 1.29 is 22.4 Å². The van der Waals surface area contributed by atoms with Crippen LogP contribution in [-0.4, -0.2) is 50.5 Å². The molecule has 0 saturated carbocycles. The number of nitrogens with one attached hydrogen (secondary N) is 1. The van der Waals surface area contributed by atoms with E-state index in [1.807, 2.05) is 57.4 Å². The lowest BCUT2D eigenvalue weighted by Gasteiger charge is -2.34. The fourth-order valence-corrected chi connectivity index (χ4v) is 6.72. The first-order valence-corrected chi connectivity index (χ1v) is 17.7. The molecule has 4 aromatic rings. The van der Waals surface area contributed by atoms with Gasteiger partial charge in [-0.2, -0.15) is 0 Å². The molecule has 0 radical (unpaired) electrons. The highest BCUT2D eigenvalue weighted by Crippen LogP contribution is 2.27. The van der Waals surface area contributed by atoms with Crippen molar-refractivity contribution in [3.05, 3.63) is 126 Å². The quantitative estimate of drug-likeness (QED) is 0.157. The minimum absolute atomic E-state index is 0.0230. The summed E-state index contributed by atoms with van der Waals surface area (Å²) in [4.78, 5) is 30.5. The first-order valence-electron chi connectivity index (χ1n) is 15.1. The summed E-state index contributed by atoms with van der Waals surface area (Å²) in [6.07, 6.45) is 2.05. The first-order chi connectivity index (χ1) is 22.0. The number of nitrogens with zero attached hydrogens (tertiary/aromatic N) is 2. The van der Waals surface area contributed by atoms with Gasteiger partial charge in [-0.05, 0) is 67.1 Å². The Morgan fingerprint density at radius 3 is 2.11 bits per heavy atom. The molecule has 0 aliphatic rings. The van der Waals surface area contributed by atoms with Crippen LogP contribution in [0.25, 0.3) is 0 Å². The number of sulfonamides is 1. The van der Waals surface area contributed by atoms with Gasteiger partial charge in [-0.3, -0.25) is 13.9 Å². The Balaban J connectivity index is 1.80. The van der Waals surface area contributed by atoms with Crippen molar-refractivity contribution in [1.82, 2.24) is 10.2 Å². The van der Waals surface area contributed by atoms with Gasteiger partial charge in [-0.25, -0.2) is 12.8 Å². The molecule has 0 aromatic heterocycles. The highest BCUT2D eigenvalue weighted by Gasteiger charge is 2.35. The Bertz CT molecular complexity index is 1710. The first kappa shape index (κ1) is 34.7. The molecule has 0 heterocycles. The van der Waals surface area contributed by atoms with Gasteiger partial charge in [0, 0.05) is 30.0 Å². The summed E-state index contributed by atoms with van der Waals surface area (Å²) in [6.45, 7) is 5.35. The van der Waals surface area contributed by atoms with Crippen LogP contribution in [0.3, 0.4) is 0 Å². The standard InChI is InChI=1S/C36H40FN3O4S2/c1-26(2)23-38-36(42)34(22-28-10-6-5-7-11-28)39(24-29-12-8-9-13-33(29)37)35(41)25-40(30-16-14-27(3)15-17-30)46(43,44)32-20-18-31(45-4)19-21-32/h5-21,26,34H,22-25H2,1-4H3,(H,38,42)/t34-/m1/s1. The third kappa shape index (κ3) is 8.98. The van der Waals surface area contributed by atoms with Crippen molar-refractivity contribution in [1.29, 1.82) is 0 Å². The predicted molar refractivity (Wildman–Crippen MR) is 183 cm³/mol. The summed E-state index contributed by atoms with van der Waals surface area (Å²) in [5, 5.41) is 2.94. The van der Waals surface area contributed by atoms with E-state index in [-0.39, 0.29) is 29.3 Å². The van der Waals surface area contributed by atoms with Crippen LogP contribution in [0.15, 0.2) is 113 Å². The number of halogens is 1. The van der Waals surface area contributed by atoms with E-state index in [4.69, 9.17) is 0 Å². The molecule has 0 fully saturated rings. The fraction of sp³-hybridized carbons (Fsp3) is 0.278. The Hall–Kier alpha value is -4.15. The molecule has 0 spiro atoms. The second-order valence-corrected chi connectivity index (χ2v) is 14.2. The number of aryl methyl sites for hydroxylation is 1. The summed E-state index contributed by atoms with van der Waals surface area (Å²) in [5.41, 5.74) is 2.23. The zero-order valence-electron chi connectivity index (χ0n) is 26.5. The Kier molecular flexibility index (Phi) is 12.0. The minimum atomic E-state index is -4.23. The summed E-state index contributed by atoms with van der Waals surface area (Å²) in [5.74, 6) is -1.43. The van der Waals surface area contributed by atoms with Crippen LogP contribution in [0.4, 0.5) is 10.1 Å². The highest BCUT2D eigenvalue weighted by molar-refractivity contribution is 7.98. The van der Waals surface area contributed by atoms with Crippen LogP contribution in [0.2, 0.25) is 0 Å². The monoisotopic (exact) mass is 661 g/mol. The van der Waals surface area contributed by atoms with Crippen LogP contribution in [0, 0.1) is 18.7 Å². The number of amides is 2. The number of thioether (sulfide) groups is 1. The number of hydrogen-bond donors (Lipinski definition) is 1. The molecule has 1 N–H and O–H groups in total. The van der Waals surface area contributed by atoms with Crippen LogP contribution in [-0.2, 0) is 32.6 Å². The largest absolute Gasteiger partial charge is 0.354 e. The number of carbonyl (C=O) groups is 2. The third-order valence-electron chi connectivity index (χ3n) is 7.50.